The highest BCUT2D eigenvalue weighted by molar-refractivity contribution is 6.12. The molecule has 0 fully saturated rings. The van der Waals surface area contributed by atoms with Crippen LogP contribution in [-0.2, 0) is 14.9 Å². The number of rotatable bonds is 3. The van der Waals surface area contributed by atoms with Crippen molar-refractivity contribution in [3.8, 4) is 17.2 Å². The molecule has 0 saturated carbocycles. The van der Waals surface area contributed by atoms with Crippen LogP contribution in [0, 0.1) is 0 Å². The van der Waals surface area contributed by atoms with Crippen molar-refractivity contribution in [3.05, 3.63) is 71.3 Å². The van der Waals surface area contributed by atoms with Crippen molar-refractivity contribution in [2.24, 2.45) is 0 Å². The molecule has 3 heterocycles. The van der Waals surface area contributed by atoms with Crippen molar-refractivity contribution < 1.29 is 36.9 Å². The Morgan fingerprint density at radius 2 is 1.85 bits per heavy atom. The lowest BCUT2D eigenvalue weighted by Crippen LogP contribution is -2.43. The molecule has 1 amide bonds. The molecule has 0 radical (unpaired) electrons. The van der Waals surface area contributed by atoms with E-state index in [1.807, 2.05) is 30.3 Å². The molecular formula is C24H18F3NO5. The normalized spacial score (nSPS) is 24.7. The maximum Gasteiger partial charge on any atom is 0.523 e. The Hall–Kier alpha value is -3.46. The predicted molar refractivity (Wildman–Crippen MR) is 110 cm³/mol. The van der Waals surface area contributed by atoms with E-state index < -0.39 is 17.9 Å². The van der Waals surface area contributed by atoms with E-state index in [0.29, 0.717) is 17.2 Å². The number of carbonyl (C=O) groups is 1. The molecule has 2 unspecified atom stereocenters. The Morgan fingerprint density at radius 1 is 1.06 bits per heavy atom. The second kappa shape index (κ2) is 7.02. The third-order valence-corrected chi connectivity index (χ3v) is 6.41. The molecule has 170 valence electrons. The fourth-order valence-electron chi connectivity index (χ4n) is 4.93. The third-order valence-electron chi connectivity index (χ3n) is 6.41. The van der Waals surface area contributed by atoms with Crippen LogP contribution >= 0.6 is 0 Å². The van der Waals surface area contributed by atoms with Crippen LogP contribution in [0.4, 0.5) is 18.9 Å². The summed E-state index contributed by atoms with van der Waals surface area (Å²) in [5.41, 5.74) is 2.01. The quantitative estimate of drug-likeness (QED) is 0.691. The van der Waals surface area contributed by atoms with Crippen LogP contribution in [0.5, 0.6) is 17.2 Å². The summed E-state index contributed by atoms with van der Waals surface area (Å²) >= 11 is 0. The van der Waals surface area contributed by atoms with Gasteiger partial charge in [0.1, 0.15) is 17.8 Å². The van der Waals surface area contributed by atoms with Crippen molar-refractivity contribution in [1.29, 1.82) is 0 Å². The van der Waals surface area contributed by atoms with E-state index in [-0.39, 0.29) is 32.3 Å². The standard InChI is InChI=1S/C24H18F3NO5/c25-24(26,27)33-15-7-5-14(6-8-15)11-28-18-4-2-1-3-16(18)23(22(28)29)12-30-19-10-21-20(9-17(19)23)31-13-32-21/h1-7,9-10,15H,8,11-13H2. The summed E-state index contributed by atoms with van der Waals surface area (Å²) in [5.74, 6) is 1.57. The van der Waals surface area contributed by atoms with E-state index in [4.69, 9.17) is 14.2 Å². The second-order valence-electron chi connectivity index (χ2n) is 8.28. The molecule has 6 nitrogen and oxygen atoms in total. The molecule has 2 aromatic rings. The van der Waals surface area contributed by atoms with E-state index in [9.17, 15) is 18.0 Å². The average Bonchev–Trinajstić information content (AvgIpc) is 3.45. The number of fused-ring (bicyclic) bond motifs is 5. The van der Waals surface area contributed by atoms with Gasteiger partial charge in [-0.1, -0.05) is 36.4 Å². The number of hydrogen-bond acceptors (Lipinski definition) is 5. The van der Waals surface area contributed by atoms with Gasteiger partial charge in [0, 0.05) is 17.3 Å². The monoisotopic (exact) mass is 457 g/mol. The zero-order chi connectivity index (χ0) is 22.8. The van der Waals surface area contributed by atoms with Gasteiger partial charge in [-0.3, -0.25) is 9.53 Å². The Morgan fingerprint density at radius 3 is 2.61 bits per heavy atom. The van der Waals surface area contributed by atoms with Gasteiger partial charge in [-0.05, 0) is 29.7 Å². The summed E-state index contributed by atoms with van der Waals surface area (Å²) in [6.45, 7) is 0.488. The summed E-state index contributed by atoms with van der Waals surface area (Å²) in [7, 11) is 0. The van der Waals surface area contributed by atoms with E-state index in [0.717, 1.165) is 22.4 Å². The lowest BCUT2D eigenvalue weighted by Gasteiger charge is -2.25. The summed E-state index contributed by atoms with van der Waals surface area (Å²) in [6.07, 6.45) is -1.05. The van der Waals surface area contributed by atoms with Gasteiger partial charge in [-0.2, -0.15) is 0 Å². The fourth-order valence-corrected chi connectivity index (χ4v) is 4.93. The summed E-state index contributed by atoms with van der Waals surface area (Å²) in [5, 5.41) is 0. The summed E-state index contributed by atoms with van der Waals surface area (Å²) in [4.78, 5) is 15.6. The van der Waals surface area contributed by atoms with Crippen molar-refractivity contribution in [2.75, 3.05) is 24.8 Å². The first-order valence-corrected chi connectivity index (χ1v) is 10.5. The minimum Gasteiger partial charge on any atom is -0.491 e. The lowest BCUT2D eigenvalue weighted by molar-refractivity contribution is -0.336. The zero-order valence-corrected chi connectivity index (χ0v) is 17.2. The highest BCUT2D eigenvalue weighted by Gasteiger charge is 2.57. The van der Waals surface area contributed by atoms with Gasteiger partial charge in [0.2, 0.25) is 12.7 Å². The minimum absolute atomic E-state index is 0.0790. The van der Waals surface area contributed by atoms with Crippen LogP contribution in [0.1, 0.15) is 17.5 Å². The maximum absolute atomic E-state index is 13.9. The summed E-state index contributed by atoms with van der Waals surface area (Å²) in [6, 6.07) is 11.1. The number of ether oxygens (including phenoxy) is 4. The SMILES string of the molecule is O=C1N(CC2=CCC(OC(F)(F)F)C=C2)c2ccccc2C12COc1cc3c(cc12)OCO3. The number of anilines is 1. The Kier molecular flexibility index (Phi) is 4.29. The van der Waals surface area contributed by atoms with E-state index >= 15 is 0 Å². The first-order chi connectivity index (χ1) is 15.8. The fraction of sp³-hybridized carbons (Fsp3) is 0.292. The smallest absolute Gasteiger partial charge is 0.491 e. The van der Waals surface area contributed by atoms with Crippen LogP contribution in [0.3, 0.4) is 0 Å². The highest BCUT2D eigenvalue weighted by Crippen LogP contribution is 2.55. The molecule has 4 aliphatic rings. The van der Waals surface area contributed by atoms with Crippen molar-refractivity contribution >= 4 is 11.6 Å². The second-order valence-corrected chi connectivity index (χ2v) is 8.28. The molecule has 0 aromatic heterocycles. The van der Waals surface area contributed by atoms with E-state index in [1.54, 1.807) is 23.1 Å². The maximum atomic E-state index is 13.9. The lowest BCUT2D eigenvalue weighted by atomic mass is 9.77. The van der Waals surface area contributed by atoms with Crippen LogP contribution in [0.2, 0.25) is 0 Å². The van der Waals surface area contributed by atoms with Gasteiger partial charge < -0.3 is 19.1 Å². The van der Waals surface area contributed by atoms with Gasteiger partial charge in [0.25, 0.3) is 0 Å². The number of carbonyl (C=O) groups excluding carboxylic acids is 1. The Balaban J connectivity index is 1.33. The largest absolute Gasteiger partial charge is 0.523 e. The topological polar surface area (TPSA) is 57.2 Å². The van der Waals surface area contributed by atoms with Crippen molar-refractivity contribution in [1.82, 2.24) is 0 Å². The molecule has 0 saturated heterocycles. The molecule has 1 spiro atoms. The Bertz CT molecular complexity index is 1220. The zero-order valence-electron chi connectivity index (χ0n) is 17.2. The molecule has 2 atom stereocenters. The minimum atomic E-state index is -4.69. The van der Waals surface area contributed by atoms with Gasteiger partial charge in [-0.15, -0.1) is 13.2 Å². The first kappa shape index (κ1) is 20.2. The predicted octanol–water partition coefficient (Wildman–Crippen LogP) is 4.23. The number of hydrogen-bond donors (Lipinski definition) is 0. The number of halogens is 3. The van der Waals surface area contributed by atoms with Crippen LogP contribution in [-0.4, -0.2) is 38.3 Å². The molecule has 33 heavy (non-hydrogen) atoms. The summed E-state index contributed by atoms with van der Waals surface area (Å²) < 4.78 is 58.5. The molecule has 3 aliphatic heterocycles. The molecule has 0 bridgehead atoms. The van der Waals surface area contributed by atoms with Crippen LogP contribution in [0.25, 0.3) is 0 Å². The number of benzene rings is 2. The molecular weight excluding hydrogens is 439 g/mol. The molecule has 9 heteroatoms. The third kappa shape index (κ3) is 3.10. The molecule has 2 aromatic carbocycles. The Labute approximate surface area is 186 Å². The number of nitrogens with zero attached hydrogens (tertiary/aromatic N) is 1. The average molecular weight is 457 g/mol. The van der Waals surface area contributed by atoms with E-state index in [1.165, 1.54) is 6.08 Å². The number of alkyl halides is 3. The number of amides is 1. The first-order valence-electron chi connectivity index (χ1n) is 10.5. The van der Waals surface area contributed by atoms with Crippen LogP contribution in [0.15, 0.2) is 60.2 Å². The molecule has 0 N–H and O–H groups in total. The van der Waals surface area contributed by atoms with Gasteiger partial charge in [0.05, 0.1) is 12.6 Å². The molecule has 1 aliphatic carbocycles. The van der Waals surface area contributed by atoms with Gasteiger partial charge in [0.15, 0.2) is 11.5 Å². The van der Waals surface area contributed by atoms with Crippen molar-refractivity contribution in [2.45, 2.75) is 24.3 Å². The van der Waals surface area contributed by atoms with Crippen molar-refractivity contribution in [3.63, 3.8) is 0 Å². The molecule has 6 rings (SSSR count). The highest BCUT2D eigenvalue weighted by atomic mass is 19.4. The van der Waals surface area contributed by atoms with E-state index in [2.05, 4.69) is 4.74 Å². The van der Waals surface area contributed by atoms with Crippen LogP contribution < -0.4 is 19.1 Å². The van der Waals surface area contributed by atoms with Gasteiger partial charge >= 0.3 is 6.36 Å². The number of para-hydroxylation sites is 1. The van der Waals surface area contributed by atoms with Gasteiger partial charge in [-0.25, -0.2) is 0 Å².